The number of thiophene rings is 1. The molecule has 0 aliphatic carbocycles. The van der Waals surface area contributed by atoms with Crippen molar-refractivity contribution in [2.75, 3.05) is 4.72 Å². The summed E-state index contributed by atoms with van der Waals surface area (Å²) >= 11 is 9.04. The molecule has 100 valence electrons. The molecule has 0 saturated heterocycles. The largest absolute Gasteiger partial charge is 0.389 e. The monoisotopic (exact) mass is 377 g/mol. The Kier molecular flexibility index (Phi) is 4.19. The molecule has 2 aromatic rings. The molecule has 2 heterocycles. The van der Waals surface area contributed by atoms with Crippen LogP contribution in [0.2, 0.25) is 0 Å². The highest BCUT2D eigenvalue weighted by Crippen LogP contribution is 2.23. The van der Waals surface area contributed by atoms with Gasteiger partial charge in [-0.1, -0.05) is 12.2 Å². The Morgan fingerprint density at radius 1 is 1.37 bits per heavy atom. The second kappa shape index (κ2) is 5.53. The number of rotatable bonds is 4. The molecule has 0 aliphatic rings. The highest BCUT2D eigenvalue weighted by molar-refractivity contribution is 9.10. The van der Waals surface area contributed by atoms with Gasteiger partial charge in [-0.2, -0.15) is 0 Å². The van der Waals surface area contributed by atoms with Crippen LogP contribution in [-0.2, 0) is 10.0 Å². The summed E-state index contributed by atoms with van der Waals surface area (Å²) in [6.07, 6.45) is 1.51. The number of nitrogens with one attached hydrogen (secondary N) is 1. The maximum Gasteiger partial charge on any atom is 0.272 e. The summed E-state index contributed by atoms with van der Waals surface area (Å²) in [4.78, 5) is 4.68. The molecule has 0 amide bonds. The van der Waals surface area contributed by atoms with E-state index in [-0.39, 0.29) is 15.0 Å². The van der Waals surface area contributed by atoms with Crippen LogP contribution in [0.1, 0.15) is 4.88 Å². The molecule has 0 aromatic carbocycles. The van der Waals surface area contributed by atoms with Gasteiger partial charge in [-0.25, -0.2) is 13.4 Å². The quantitative estimate of drug-likeness (QED) is 0.798. The van der Waals surface area contributed by atoms with Crippen molar-refractivity contribution in [3.63, 3.8) is 0 Å². The lowest BCUT2D eigenvalue weighted by molar-refractivity contribution is 0.603. The fourth-order valence-corrected chi connectivity index (χ4v) is 3.82. The third-order valence-corrected chi connectivity index (χ3v) is 5.84. The molecule has 2 aromatic heterocycles. The molecular formula is C10H8BrN3O2S3. The van der Waals surface area contributed by atoms with Crippen LogP contribution in [0.15, 0.2) is 39.1 Å². The first-order valence-electron chi connectivity index (χ1n) is 4.92. The Labute approximate surface area is 128 Å². The predicted octanol–water partition coefficient (Wildman–Crippen LogP) is 2.34. The van der Waals surface area contributed by atoms with E-state index in [0.717, 1.165) is 15.8 Å². The molecule has 5 nitrogen and oxygen atoms in total. The van der Waals surface area contributed by atoms with Crippen LogP contribution in [0.3, 0.4) is 0 Å². The van der Waals surface area contributed by atoms with Gasteiger partial charge in [-0.3, -0.25) is 4.72 Å². The third-order valence-electron chi connectivity index (χ3n) is 2.06. The van der Waals surface area contributed by atoms with Crippen LogP contribution < -0.4 is 10.5 Å². The molecule has 0 fully saturated rings. The van der Waals surface area contributed by atoms with Crippen LogP contribution in [0.4, 0.5) is 5.82 Å². The van der Waals surface area contributed by atoms with E-state index >= 15 is 0 Å². The van der Waals surface area contributed by atoms with E-state index in [9.17, 15) is 8.42 Å². The maximum atomic E-state index is 12.1. The summed E-state index contributed by atoms with van der Waals surface area (Å²) in [5.74, 6) is 0.244. The van der Waals surface area contributed by atoms with Gasteiger partial charge < -0.3 is 5.73 Å². The first-order valence-corrected chi connectivity index (χ1v) is 8.42. The molecule has 0 saturated carbocycles. The molecule has 0 radical (unpaired) electrons. The van der Waals surface area contributed by atoms with Crippen LogP contribution in [0.5, 0.6) is 0 Å². The summed E-state index contributed by atoms with van der Waals surface area (Å²) in [7, 11) is -3.66. The lowest BCUT2D eigenvalue weighted by Crippen LogP contribution is -2.12. The summed E-state index contributed by atoms with van der Waals surface area (Å²) in [6, 6.07) is 6.29. The number of anilines is 1. The lowest BCUT2D eigenvalue weighted by atomic mass is 10.5. The SMILES string of the molecule is NC(=S)c1ccc(S(=O)(=O)Nc2ccc(Br)cn2)s1. The number of sulfonamides is 1. The van der Waals surface area contributed by atoms with Gasteiger partial charge in [0.15, 0.2) is 0 Å². The highest BCUT2D eigenvalue weighted by atomic mass is 79.9. The fraction of sp³-hybridized carbons (Fsp3) is 0. The molecule has 2 rings (SSSR count). The predicted molar refractivity (Wildman–Crippen MR) is 83.0 cm³/mol. The van der Waals surface area contributed by atoms with E-state index < -0.39 is 10.0 Å². The van der Waals surface area contributed by atoms with Crippen molar-refractivity contribution in [2.45, 2.75) is 4.21 Å². The minimum absolute atomic E-state index is 0.139. The van der Waals surface area contributed by atoms with Crippen LogP contribution >= 0.6 is 39.5 Å². The summed E-state index contributed by atoms with van der Waals surface area (Å²) in [6.45, 7) is 0. The number of halogens is 1. The Morgan fingerprint density at radius 2 is 2.11 bits per heavy atom. The van der Waals surface area contributed by atoms with E-state index in [1.54, 1.807) is 18.2 Å². The smallest absolute Gasteiger partial charge is 0.272 e. The summed E-state index contributed by atoms with van der Waals surface area (Å²) < 4.78 is 27.5. The molecule has 0 atom stereocenters. The van der Waals surface area contributed by atoms with Crippen LogP contribution in [0.25, 0.3) is 0 Å². The van der Waals surface area contributed by atoms with Gasteiger partial charge in [-0.15, -0.1) is 11.3 Å². The molecule has 0 aliphatic heterocycles. The second-order valence-corrected chi connectivity index (χ2v) is 7.80. The van der Waals surface area contributed by atoms with Gasteiger partial charge in [0.25, 0.3) is 10.0 Å². The van der Waals surface area contributed by atoms with Crippen molar-refractivity contribution in [1.29, 1.82) is 0 Å². The standard InChI is InChI=1S/C10H8BrN3O2S3/c11-6-1-3-8(13-5-6)14-19(15,16)9-4-2-7(18-9)10(12)17/h1-5H,(H2,12,17)(H,13,14). The van der Waals surface area contributed by atoms with Crippen molar-refractivity contribution >= 4 is 60.3 Å². The van der Waals surface area contributed by atoms with Crippen LogP contribution in [-0.4, -0.2) is 18.4 Å². The number of hydrogen-bond donors (Lipinski definition) is 2. The minimum atomic E-state index is -3.66. The van der Waals surface area contributed by atoms with Gasteiger partial charge in [0.2, 0.25) is 0 Å². The van der Waals surface area contributed by atoms with Crippen molar-refractivity contribution in [3.05, 3.63) is 39.8 Å². The Hall–Kier alpha value is -1.03. The molecule has 0 spiro atoms. The van der Waals surface area contributed by atoms with Crippen molar-refractivity contribution in [3.8, 4) is 0 Å². The van der Waals surface area contributed by atoms with E-state index in [1.165, 1.54) is 12.3 Å². The highest BCUT2D eigenvalue weighted by Gasteiger charge is 2.18. The molecule has 0 unspecified atom stereocenters. The Bertz CT molecular complexity index is 710. The van der Waals surface area contributed by atoms with Gasteiger partial charge in [-0.05, 0) is 40.2 Å². The zero-order chi connectivity index (χ0) is 14.0. The zero-order valence-electron chi connectivity index (χ0n) is 9.33. The van der Waals surface area contributed by atoms with Gasteiger partial charge in [0.05, 0.1) is 4.88 Å². The zero-order valence-corrected chi connectivity index (χ0v) is 13.4. The minimum Gasteiger partial charge on any atom is -0.389 e. The van der Waals surface area contributed by atoms with Gasteiger partial charge in [0.1, 0.15) is 15.0 Å². The molecule has 9 heteroatoms. The molecule has 0 bridgehead atoms. The number of thiocarbonyl (C=S) groups is 1. The van der Waals surface area contributed by atoms with Crippen molar-refractivity contribution in [1.82, 2.24) is 4.98 Å². The average Bonchev–Trinajstić information content (AvgIpc) is 2.82. The number of aromatic nitrogens is 1. The third kappa shape index (κ3) is 3.50. The first kappa shape index (κ1) is 14.4. The summed E-state index contributed by atoms with van der Waals surface area (Å²) in [5, 5.41) is 0. The number of nitrogens with two attached hydrogens (primary N) is 1. The maximum absolute atomic E-state index is 12.1. The van der Waals surface area contributed by atoms with Gasteiger partial charge >= 0.3 is 0 Å². The Morgan fingerprint density at radius 3 is 2.63 bits per heavy atom. The van der Waals surface area contributed by atoms with Crippen LogP contribution in [0, 0.1) is 0 Å². The van der Waals surface area contributed by atoms with Crippen molar-refractivity contribution in [2.24, 2.45) is 5.73 Å². The fourth-order valence-electron chi connectivity index (χ4n) is 1.22. The second-order valence-electron chi connectivity index (χ2n) is 3.45. The van der Waals surface area contributed by atoms with E-state index in [4.69, 9.17) is 18.0 Å². The molecule has 19 heavy (non-hydrogen) atoms. The normalized spacial score (nSPS) is 11.2. The molecular weight excluding hydrogens is 370 g/mol. The lowest BCUT2D eigenvalue weighted by Gasteiger charge is -2.04. The van der Waals surface area contributed by atoms with Crippen molar-refractivity contribution < 1.29 is 8.42 Å². The number of pyridine rings is 1. The Balaban J connectivity index is 2.26. The van der Waals surface area contributed by atoms with E-state index in [1.807, 2.05) is 0 Å². The van der Waals surface area contributed by atoms with Gasteiger partial charge in [0, 0.05) is 10.7 Å². The van der Waals surface area contributed by atoms with E-state index in [2.05, 4.69) is 25.6 Å². The molecule has 3 N–H and O–H groups in total. The average molecular weight is 378 g/mol. The van der Waals surface area contributed by atoms with E-state index in [0.29, 0.717) is 4.88 Å². The topological polar surface area (TPSA) is 85.1 Å². The summed E-state index contributed by atoms with van der Waals surface area (Å²) in [5.41, 5.74) is 5.45. The number of nitrogens with zero attached hydrogens (tertiary/aromatic N) is 1. The first-order chi connectivity index (χ1) is 8.88. The number of hydrogen-bond acceptors (Lipinski definition) is 5.